The Kier molecular flexibility index (Phi) is 4.15. The second-order valence-corrected chi connectivity index (χ2v) is 7.56. The summed E-state index contributed by atoms with van der Waals surface area (Å²) in [7, 11) is 1.82. The van der Waals surface area contributed by atoms with E-state index >= 15 is 0 Å². The Labute approximate surface area is 127 Å². The molecule has 0 radical (unpaired) electrons. The van der Waals surface area contributed by atoms with Gasteiger partial charge in [0.25, 0.3) is 5.91 Å². The van der Waals surface area contributed by atoms with Gasteiger partial charge in [-0.2, -0.15) is 5.10 Å². The third-order valence-electron chi connectivity index (χ3n) is 3.91. The summed E-state index contributed by atoms with van der Waals surface area (Å²) in [6, 6.07) is 2.05. The van der Waals surface area contributed by atoms with Gasteiger partial charge in [0, 0.05) is 25.1 Å². The van der Waals surface area contributed by atoms with Crippen molar-refractivity contribution in [1.29, 1.82) is 0 Å². The monoisotopic (exact) mass is 293 g/mol. The molecule has 1 aliphatic rings. The molecule has 21 heavy (non-hydrogen) atoms. The average Bonchev–Trinajstić information content (AvgIpc) is 2.69. The van der Waals surface area contributed by atoms with Crippen molar-refractivity contribution in [3.63, 3.8) is 0 Å². The predicted octanol–water partition coefficient (Wildman–Crippen LogP) is 2.41. The van der Waals surface area contributed by atoms with Crippen molar-refractivity contribution in [2.45, 2.75) is 64.5 Å². The first kappa shape index (κ1) is 16.0. The molecule has 0 aliphatic carbocycles. The van der Waals surface area contributed by atoms with Crippen LogP contribution in [-0.4, -0.2) is 33.9 Å². The lowest BCUT2D eigenvalue weighted by atomic mass is 9.92. The highest BCUT2D eigenvalue weighted by atomic mass is 16.5. The molecule has 0 spiro atoms. The van der Waals surface area contributed by atoms with Gasteiger partial charge in [-0.15, -0.1) is 0 Å². The standard InChI is InChI=1S/C16H27N3O2/c1-15(2,3)13-9-12(19(6)18-13)14(20)17-11-7-8-21-16(4,5)10-11/h9,11H,7-8,10H2,1-6H3,(H,17,20). The summed E-state index contributed by atoms with van der Waals surface area (Å²) in [5.74, 6) is -0.0526. The summed E-state index contributed by atoms with van der Waals surface area (Å²) >= 11 is 0. The number of carbonyl (C=O) groups is 1. The van der Waals surface area contributed by atoms with E-state index in [4.69, 9.17) is 4.74 Å². The molecule has 1 saturated heterocycles. The average molecular weight is 293 g/mol. The van der Waals surface area contributed by atoms with Gasteiger partial charge in [-0.25, -0.2) is 0 Å². The fraction of sp³-hybridized carbons (Fsp3) is 0.750. The molecule has 1 unspecified atom stereocenters. The minimum atomic E-state index is -0.167. The number of hydrogen-bond donors (Lipinski definition) is 1. The van der Waals surface area contributed by atoms with E-state index < -0.39 is 0 Å². The SMILES string of the molecule is Cn1nc(C(C)(C)C)cc1C(=O)NC1CCOC(C)(C)C1. The van der Waals surface area contributed by atoms with E-state index in [2.05, 4.69) is 45.0 Å². The number of aromatic nitrogens is 2. The Morgan fingerprint density at radius 2 is 2.14 bits per heavy atom. The molecule has 1 amide bonds. The number of hydrogen-bond acceptors (Lipinski definition) is 3. The summed E-state index contributed by atoms with van der Waals surface area (Å²) in [6.07, 6.45) is 1.70. The molecule has 0 aromatic carbocycles. The van der Waals surface area contributed by atoms with Gasteiger partial charge in [0.1, 0.15) is 5.69 Å². The molecule has 2 rings (SSSR count). The van der Waals surface area contributed by atoms with Crippen LogP contribution in [0.25, 0.3) is 0 Å². The van der Waals surface area contributed by atoms with Crippen molar-refractivity contribution in [3.8, 4) is 0 Å². The van der Waals surface area contributed by atoms with E-state index in [-0.39, 0.29) is 23.0 Å². The zero-order valence-corrected chi connectivity index (χ0v) is 14.0. The molecular weight excluding hydrogens is 266 g/mol. The molecule has 1 fully saturated rings. The third-order valence-corrected chi connectivity index (χ3v) is 3.91. The summed E-state index contributed by atoms with van der Waals surface area (Å²) < 4.78 is 7.35. The van der Waals surface area contributed by atoms with Crippen LogP contribution < -0.4 is 5.32 Å². The highest BCUT2D eigenvalue weighted by molar-refractivity contribution is 5.92. The van der Waals surface area contributed by atoms with E-state index in [1.54, 1.807) is 4.68 Å². The second kappa shape index (κ2) is 5.44. The van der Waals surface area contributed by atoms with Crippen LogP contribution in [0.15, 0.2) is 6.07 Å². The zero-order valence-electron chi connectivity index (χ0n) is 14.0. The number of carbonyl (C=O) groups excluding carboxylic acids is 1. The molecule has 118 valence electrons. The van der Waals surface area contributed by atoms with Gasteiger partial charge in [0.05, 0.1) is 11.3 Å². The van der Waals surface area contributed by atoms with Gasteiger partial charge < -0.3 is 10.1 Å². The van der Waals surface area contributed by atoms with Crippen LogP contribution in [-0.2, 0) is 17.2 Å². The first-order valence-electron chi connectivity index (χ1n) is 7.58. The molecule has 1 N–H and O–H groups in total. The molecule has 5 heteroatoms. The number of nitrogens with one attached hydrogen (secondary N) is 1. The van der Waals surface area contributed by atoms with Crippen molar-refractivity contribution >= 4 is 5.91 Å². The van der Waals surface area contributed by atoms with Crippen LogP contribution in [0.5, 0.6) is 0 Å². The molecule has 2 heterocycles. The maximum Gasteiger partial charge on any atom is 0.269 e. The quantitative estimate of drug-likeness (QED) is 0.911. The fourth-order valence-corrected chi connectivity index (χ4v) is 2.66. The molecule has 0 bridgehead atoms. The Morgan fingerprint density at radius 3 is 2.67 bits per heavy atom. The summed E-state index contributed by atoms with van der Waals surface area (Å²) in [4.78, 5) is 12.5. The van der Waals surface area contributed by atoms with Crippen molar-refractivity contribution < 1.29 is 9.53 Å². The lowest BCUT2D eigenvalue weighted by molar-refractivity contribution is -0.0615. The summed E-state index contributed by atoms with van der Waals surface area (Å²) in [6.45, 7) is 11.1. The number of amides is 1. The van der Waals surface area contributed by atoms with Crippen LogP contribution in [0.3, 0.4) is 0 Å². The number of ether oxygens (including phenoxy) is 1. The third kappa shape index (κ3) is 3.84. The minimum Gasteiger partial charge on any atom is -0.375 e. The predicted molar refractivity (Wildman–Crippen MR) is 82.4 cm³/mol. The minimum absolute atomic E-state index is 0.0526. The molecule has 1 aromatic rings. The number of rotatable bonds is 2. The van der Waals surface area contributed by atoms with E-state index in [9.17, 15) is 4.79 Å². The zero-order chi connectivity index (χ0) is 15.8. The van der Waals surface area contributed by atoms with E-state index in [1.165, 1.54) is 0 Å². The molecule has 0 saturated carbocycles. The first-order chi connectivity index (χ1) is 9.58. The largest absolute Gasteiger partial charge is 0.375 e. The van der Waals surface area contributed by atoms with E-state index in [0.29, 0.717) is 12.3 Å². The normalized spacial score (nSPS) is 22.1. The Hall–Kier alpha value is -1.36. The number of aryl methyl sites for hydroxylation is 1. The van der Waals surface area contributed by atoms with Crippen molar-refractivity contribution in [2.24, 2.45) is 7.05 Å². The maximum absolute atomic E-state index is 12.5. The summed E-state index contributed by atoms with van der Waals surface area (Å²) in [5, 5.41) is 7.57. The van der Waals surface area contributed by atoms with Crippen molar-refractivity contribution in [1.82, 2.24) is 15.1 Å². The lowest BCUT2D eigenvalue weighted by Gasteiger charge is -2.35. The van der Waals surface area contributed by atoms with Gasteiger partial charge in [-0.3, -0.25) is 9.48 Å². The number of nitrogens with zero attached hydrogens (tertiary/aromatic N) is 2. The topological polar surface area (TPSA) is 56.2 Å². The maximum atomic E-state index is 12.5. The van der Waals surface area contributed by atoms with Gasteiger partial charge >= 0.3 is 0 Å². The van der Waals surface area contributed by atoms with Crippen molar-refractivity contribution in [2.75, 3.05) is 6.61 Å². The molecular formula is C16H27N3O2. The summed E-state index contributed by atoms with van der Waals surface area (Å²) in [5.41, 5.74) is 1.32. The highest BCUT2D eigenvalue weighted by Gasteiger charge is 2.30. The Morgan fingerprint density at radius 1 is 1.48 bits per heavy atom. The smallest absolute Gasteiger partial charge is 0.269 e. The highest BCUT2D eigenvalue weighted by Crippen LogP contribution is 2.25. The first-order valence-corrected chi connectivity index (χ1v) is 7.58. The Bertz CT molecular complexity index is 526. The molecule has 1 aromatic heterocycles. The Balaban J connectivity index is 2.09. The van der Waals surface area contributed by atoms with Crippen LogP contribution in [0.4, 0.5) is 0 Å². The van der Waals surface area contributed by atoms with Gasteiger partial charge in [-0.1, -0.05) is 20.8 Å². The second-order valence-electron chi connectivity index (χ2n) is 7.56. The van der Waals surface area contributed by atoms with Crippen LogP contribution in [0, 0.1) is 0 Å². The lowest BCUT2D eigenvalue weighted by Crippen LogP contribution is -2.46. The van der Waals surface area contributed by atoms with Crippen molar-refractivity contribution in [3.05, 3.63) is 17.5 Å². The molecule has 1 atom stereocenters. The van der Waals surface area contributed by atoms with Crippen LogP contribution >= 0.6 is 0 Å². The molecule has 5 nitrogen and oxygen atoms in total. The van der Waals surface area contributed by atoms with E-state index in [1.807, 2.05) is 13.1 Å². The van der Waals surface area contributed by atoms with Gasteiger partial charge in [0.2, 0.25) is 0 Å². The molecule has 1 aliphatic heterocycles. The van der Waals surface area contributed by atoms with Crippen LogP contribution in [0.2, 0.25) is 0 Å². The van der Waals surface area contributed by atoms with Crippen LogP contribution in [0.1, 0.15) is 63.6 Å². The van der Waals surface area contributed by atoms with E-state index in [0.717, 1.165) is 18.5 Å². The van der Waals surface area contributed by atoms with Gasteiger partial charge in [0.15, 0.2) is 0 Å². The van der Waals surface area contributed by atoms with Gasteiger partial charge in [-0.05, 0) is 32.8 Å². The fourth-order valence-electron chi connectivity index (χ4n) is 2.66.